The van der Waals surface area contributed by atoms with Crippen molar-refractivity contribution >= 4 is 11.6 Å². The monoisotopic (exact) mass is 240 g/mol. The van der Waals surface area contributed by atoms with Crippen molar-refractivity contribution in [3.63, 3.8) is 0 Å². The molecule has 2 N–H and O–H groups in total. The van der Waals surface area contributed by atoms with Gasteiger partial charge in [0.05, 0.1) is 23.0 Å². The van der Waals surface area contributed by atoms with Crippen LogP contribution in [0.15, 0.2) is 6.20 Å². The number of aryl methyl sites for hydroxylation is 1. The number of nitrogens with two attached hydrogens (primary N) is 1. The molecule has 5 heteroatoms. The quantitative estimate of drug-likeness (QED) is 0.803. The van der Waals surface area contributed by atoms with Crippen LogP contribution in [0.4, 0.5) is 0 Å². The molecule has 4 nitrogen and oxygen atoms in total. The number of unbranched alkanes of at least 4 members (excludes halogenated alkanes) is 1. The Kier molecular flexibility index (Phi) is 4.34. The third-order valence-corrected chi connectivity index (χ3v) is 2.99. The van der Waals surface area contributed by atoms with Gasteiger partial charge in [-0.1, -0.05) is 11.6 Å². The van der Waals surface area contributed by atoms with E-state index in [0.29, 0.717) is 11.4 Å². The van der Waals surface area contributed by atoms with E-state index in [2.05, 4.69) is 11.2 Å². The molecule has 1 aromatic rings. The highest BCUT2D eigenvalue weighted by atomic mass is 35.5. The summed E-state index contributed by atoms with van der Waals surface area (Å²) in [6.45, 7) is 4.51. The van der Waals surface area contributed by atoms with Crippen molar-refractivity contribution in [3.8, 4) is 6.07 Å². The lowest BCUT2D eigenvalue weighted by molar-refractivity contribution is 0.471. The number of halogens is 1. The zero-order valence-corrected chi connectivity index (χ0v) is 10.5. The summed E-state index contributed by atoms with van der Waals surface area (Å²) in [7, 11) is 0. The van der Waals surface area contributed by atoms with Gasteiger partial charge in [0.2, 0.25) is 0 Å². The molecule has 0 fully saturated rings. The van der Waals surface area contributed by atoms with Gasteiger partial charge >= 0.3 is 0 Å². The molecule has 1 unspecified atom stereocenters. The first-order valence-corrected chi connectivity index (χ1v) is 5.72. The van der Waals surface area contributed by atoms with Crippen molar-refractivity contribution in [2.75, 3.05) is 0 Å². The van der Waals surface area contributed by atoms with E-state index < -0.39 is 5.54 Å². The summed E-state index contributed by atoms with van der Waals surface area (Å²) in [6.07, 6.45) is 4.22. The highest BCUT2D eigenvalue weighted by Crippen LogP contribution is 2.15. The summed E-state index contributed by atoms with van der Waals surface area (Å²) < 4.78 is 1.88. The number of hydrogen-bond acceptors (Lipinski definition) is 3. The number of nitrogens with zero attached hydrogens (tertiary/aromatic N) is 3. The van der Waals surface area contributed by atoms with Gasteiger partial charge < -0.3 is 5.73 Å². The van der Waals surface area contributed by atoms with Crippen LogP contribution in [-0.4, -0.2) is 15.3 Å². The zero-order chi connectivity index (χ0) is 12.2. The van der Waals surface area contributed by atoms with Crippen molar-refractivity contribution in [2.24, 2.45) is 5.73 Å². The molecule has 16 heavy (non-hydrogen) atoms. The summed E-state index contributed by atoms with van der Waals surface area (Å²) >= 11 is 5.89. The summed E-state index contributed by atoms with van der Waals surface area (Å²) in [5, 5.41) is 13.6. The third-order valence-electron chi connectivity index (χ3n) is 2.61. The topological polar surface area (TPSA) is 67.6 Å². The molecule has 0 radical (unpaired) electrons. The molecule has 0 aliphatic heterocycles. The molecule has 0 saturated carbocycles. The fourth-order valence-corrected chi connectivity index (χ4v) is 1.60. The predicted molar refractivity (Wildman–Crippen MR) is 64.0 cm³/mol. The molecular formula is C11H17ClN4. The summed E-state index contributed by atoms with van der Waals surface area (Å²) in [5.74, 6) is 0. The van der Waals surface area contributed by atoms with E-state index in [1.54, 1.807) is 13.1 Å². The molecule has 0 spiro atoms. The van der Waals surface area contributed by atoms with Crippen LogP contribution in [0.3, 0.4) is 0 Å². The van der Waals surface area contributed by atoms with Gasteiger partial charge in [0, 0.05) is 6.54 Å². The van der Waals surface area contributed by atoms with Crippen molar-refractivity contribution in [1.82, 2.24) is 9.78 Å². The largest absolute Gasteiger partial charge is 0.314 e. The van der Waals surface area contributed by atoms with E-state index in [1.165, 1.54) is 0 Å². The molecule has 0 aromatic carbocycles. The van der Waals surface area contributed by atoms with Gasteiger partial charge in [-0.25, -0.2) is 0 Å². The van der Waals surface area contributed by atoms with E-state index in [4.69, 9.17) is 22.6 Å². The van der Waals surface area contributed by atoms with Crippen LogP contribution in [0.1, 0.15) is 31.9 Å². The average molecular weight is 241 g/mol. The molecule has 0 aliphatic rings. The lowest BCUT2D eigenvalue weighted by Crippen LogP contribution is -2.33. The number of hydrogen-bond donors (Lipinski definition) is 1. The lowest BCUT2D eigenvalue weighted by atomic mass is 9.98. The van der Waals surface area contributed by atoms with Crippen LogP contribution in [0, 0.1) is 18.3 Å². The van der Waals surface area contributed by atoms with Gasteiger partial charge in [0.15, 0.2) is 0 Å². The molecule has 1 atom stereocenters. The molecule has 0 amide bonds. The molecule has 0 saturated heterocycles. The molecule has 88 valence electrons. The van der Waals surface area contributed by atoms with Gasteiger partial charge in [-0.2, -0.15) is 10.4 Å². The van der Waals surface area contributed by atoms with Crippen molar-refractivity contribution in [3.05, 3.63) is 16.9 Å². The minimum atomic E-state index is -0.712. The molecule has 1 aromatic heterocycles. The highest BCUT2D eigenvalue weighted by Gasteiger charge is 2.16. The van der Waals surface area contributed by atoms with E-state index in [1.807, 2.05) is 11.6 Å². The van der Waals surface area contributed by atoms with Gasteiger partial charge in [0.25, 0.3) is 0 Å². The maximum atomic E-state index is 8.75. The summed E-state index contributed by atoms with van der Waals surface area (Å²) in [5.41, 5.74) is 6.00. The number of rotatable bonds is 5. The highest BCUT2D eigenvalue weighted by molar-refractivity contribution is 6.31. The second kappa shape index (κ2) is 5.33. The van der Waals surface area contributed by atoms with Crippen LogP contribution in [-0.2, 0) is 6.54 Å². The first-order chi connectivity index (χ1) is 7.46. The Labute approximate surface area is 101 Å². The smallest absolute Gasteiger partial charge is 0.101 e. The Morgan fingerprint density at radius 2 is 2.31 bits per heavy atom. The van der Waals surface area contributed by atoms with Crippen molar-refractivity contribution in [1.29, 1.82) is 5.26 Å². The Morgan fingerprint density at radius 1 is 1.62 bits per heavy atom. The minimum absolute atomic E-state index is 0.695. The van der Waals surface area contributed by atoms with E-state index in [0.717, 1.165) is 25.1 Å². The minimum Gasteiger partial charge on any atom is -0.314 e. The van der Waals surface area contributed by atoms with Gasteiger partial charge in [-0.3, -0.25) is 4.68 Å². The van der Waals surface area contributed by atoms with Crippen LogP contribution >= 0.6 is 11.6 Å². The SMILES string of the molecule is Cc1c(Cl)cnn1CCCCC(C)(N)C#N. The Hall–Kier alpha value is -1.05. The number of nitriles is 1. The lowest BCUT2D eigenvalue weighted by Gasteiger charge is -2.14. The molecular weight excluding hydrogens is 224 g/mol. The van der Waals surface area contributed by atoms with E-state index in [-0.39, 0.29) is 0 Å². The maximum Gasteiger partial charge on any atom is 0.101 e. The van der Waals surface area contributed by atoms with Gasteiger partial charge in [0.1, 0.15) is 5.54 Å². The van der Waals surface area contributed by atoms with Crippen LogP contribution in [0.5, 0.6) is 0 Å². The fourth-order valence-electron chi connectivity index (χ4n) is 1.46. The van der Waals surface area contributed by atoms with Crippen molar-refractivity contribution in [2.45, 2.75) is 45.2 Å². The van der Waals surface area contributed by atoms with Crippen LogP contribution in [0.25, 0.3) is 0 Å². The standard InChI is InChI=1S/C11H17ClN4/c1-9-10(12)7-15-16(9)6-4-3-5-11(2,14)8-13/h7H,3-6,14H2,1-2H3. The second-order valence-electron chi connectivity index (χ2n) is 4.29. The first kappa shape index (κ1) is 13.0. The molecule has 1 rings (SSSR count). The zero-order valence-electron chi connectivity index (χ0n) is 9.70. The second-order valence-corrected chi connectivity index (χ2v) is 4.69. The molecule has 1 heterocycles. The van der Waals surface area contributed by atoms with Crippen LogP contribution < -0.4 is 5.73 Å². The van der Waals surface area contributed by atoms with Crippen molar-refractivity contribution < 1.29 is 0 Å². The van der Waals surface area contributed by atoms with Crippen LogP contribution in [0.2, 0.25) is 5.02 Å². The molecule has 0 bridgehead atoms. The normalized spacial score (nSPS) is 14.4. The fraction of sp³-hybridized carbons (Fsp3) is 0.636. The van der Waals surface area contributed by atoms with E-state index in [9.17, 15) is 0 Å². The maximum absolute atomic E-state index is 8.75. The Bertz CT molecular complexity index is 389. The van der Waals surface area contributed by atoms with Gasteiger partial charge in [-0.05, 0) is 33.1 Å². The Balaban J connectivity index is 2.32. The first-order valence-electron chi connectivity index (χ1n) is 5.34. The van der Waals surface area contributed by atoms with E-state index >= 15 is 0 Å². The average Bonchev–Trinajstić information content (AvgIpc) is 2.56. The summed E-state index contributed by atoms with van der Waals surface area (Å²) in [4.78, 5) is 0. The Morgan fingerprint density at radius 3 is 2.81 bits per heavy atom. The predicted octanol–water partition coefficient (Wildman–Crippen LogP) is 2.26. The third kappa shape index (κ3) is 3.51. The molecule has 0 aliphatic carbocycles. The van der Waals surface area contributed by atoms with Gasteiger partial charge in [-0.15, -0.1) is 0 Å². The summed E-state index contributed by atoms with van der Waals surface area (Å²) in [6, 6.07) is 2.09. The number of aromatic nitrogens is 2.